The number of methoxy groups -OCH3 is 1. The van der Waals surface area contributed by atoms with Gasteiger partial charge >= 0.3 is 0 Å². The Hall–Kier alpha value is -1.88. The molecule has 0 fully saturated rings. The summed E-state index contributed by atoms with van der Waals surface area (Å²) in [6, 6.07) is 7.23. The zero-order valence-corrected chi connectivity index (χ0v) is 9.88. The largest absolute Gasteiger partial charge is 0.497 e. The fourth-order valence-corrected chi connectivity index (χ4v) is 1.80. The van der Waals surface area contributed by atoms with Crippen molar-refractivity contribution in [2.24, 2.45) is 16.8 Å². The van der Waals surface area contributed by atoms with Gasteiger partial charge in [-0.25, -0.2) is 5.01 Å². The number of nitrogens with two attached hydrogens (primary N) is 1. The number of hydrogen-bond acceptors (Lipinski definition) is 4. The maximum absolute atomic E-state index is 12.0. The van der Waals surface area contributed by atoms with Crippen LogP contribution in [0.25, 0.3) is 0 Å². The molecular weight excluding hydrogens is 218 g/mol. The molecule has 1 aliphatic heterocycles. The molecule has 5 heteroatoms. The molecule has 0 aliphatic carbocycles. The lowest BCUT2D eigenvalue weighted by Crippen LogP contribution is -2.32. The van der Waals surface area contributed by atoms with Gasteiger partial charge in [0.05, 0.1) is 18.7 Å². The van der Waals surface area contributed by atoms with Gasteiger partial charge in [0.25, 0.3) is 5.91 Å². The van der Waals surface area contributed by atoms with Crippen molar-refractivity contribution in [3.05, 3.63) is 24.3 Å². The van der Waals surface area contributed by atoms with Crippen molar-refractivity contribution in [2.75, 3.05) is 18.7 Å². The van der Waals surface area contributed by atoms with E-state index in [0.717, 1.165) is 5.71 Å². The Bertz CT molecular complexity index is 471. The third kappa shape index (κ3) is 2.01. The molecule has 1 unspecified atom stereocenters. The summed E-state index contributed by atoms with van der Waals surface area (Å²) in [5.74, 6) is 0.304. The Kier molecular flexibility index (Phi) is 3.10. The second-order valence-electron chi connectivity index (χ2n) is 3.88. The Morgan fingerprint density at radius 1 is 1.53 bits per heavy atom. The standard InChI is InChI=1S/C12H15N3O2/c1-8-11(7-13)12(16)15(14-8)9-4-3-5-10(6-9)17-2/h3-6,11H,7,13H2,1-2H3. The first-order chi connectivity index (χ1) is 8.17. The van der Waals surface area contributed by atoms with Gasteiger partial charge in [-0.3, -0.25) is 4.79 Å². The van der Waals surface area contributed by atoms with Crippen LogP contribution in [0.2, 0.25) is 0 Å². The highest BCUT2D eigenvalue weighted by atomic mass is 16.5. The number of benzene rings is 1. The van der Waals surface area contributed by atoms with Crippen LogP contribution in [0.3, 0.4) is 0 Å². The highest BCUT2D eigenvalue weighted by Gasteiger charge is 2.33. The summed E-state index contributed by atoms with van der Waals surface area (Å²) in [6.07, 6.45) is 0. The van der Waals surface area contributed by atoms with Crippen molar-refractivity contribution in [3.8, 4) is 5.75 Å². The van der Waals surface area contributed by atoms with Crippen LogP contribution in [0.1, 0.15) is 6.92 Å². The molecule has 1 amide bonds. The quantitative estimate of drug-likeness (QED) is 0.846. The maximum Gasteiger partial charge on any atom is 0.257 e. The SMILES string of the molecule is COc1cccc(N2N=C(C)C(CN)C2=O)c1. The number of ether oxygens (including phenoxy) is 1. The van der Waals surface area contributed by atoms with Crippen LogP contribution in [0.5, 0.6) is 5.75 Å². The van der Waals surface area contributed by atoms with Gasteiger partial charge in [0.1, 0.15) is 5.75 Å². The average molecular weight is 233 g/mol. The van der Waals surface area contributed by atoms with Crippen LogP contribution in [-0.2, 0) is 4.79 Å². The molecular formula is C12H15N3O2. The normalized spacial score (nSPS) is 19.5. The summed E-state index contributed by atoms with van der Waals surface area (Å²) in [4.78, 5) is 12.0. The van der Waals surface area contributed by atoms with E-state index >= 15 is 0 Å². The molecule has 5 nitrogen and oxygen atoms in total. The second kappa shape index (κ2) is 4.55. The van der Waals surface area contributed by atoms with Crippen molar-refractivity contribution in [3.63, 3.8) is 0 Å². The van der Waals surface area contributed by atoms with Crippen molar-refractivity contribution in [1.29, 1.82) is 0 Å². The number of carbonyl (C=O) groups excluding carboxylic acids is 1. The predicted octanol–water partition coefficient (Wildman–Crippen LogP) is 0.993. The summed E-state index contributed by atoms with van der Waals surface area (Å²) < 4.78 is 5.12. The van der Waals surface area contributed by atoms with E-state index in [-0.39, 0.29) is 18.4 Å². The summed E-state index contributed by atoms with van der Waals surface area (Å²) >= 11 is 0. The molecule has 0 spiro atoms. The molecule has 0 bridgehead atoms. The van der Waals surface area contributed by atoms with Crippen LogP contribution < -0.4 is 15.5 Å². The first-order valence-electron chi connectivity index (χ1n) is 5.40. The third-order valence-electron chi connectivity index (χ3n) is 2.80. The number of amides is 1. The Morgan fingerprint density at radius 3 is 2.88 bits per heavy atom. The molecule has 0 aromatic heterocycles. The molecule has 1 aromatic carbocycles. The van der Waals surface area contributed by atoms with E-state index < -0.39 is 0 Å². The molecule has 1 heterocycles. The van der Waals surface area contributed by atoms with Crippen molar-refractivity contribution < 1.29 is 9.53 Å². The first kappa shape index (κ1) is 11.6. The summed E-state index contributed by atoms with van der Waals surface area (Å²) in [5.41, 5.74) is 7.01. The Labute approximate surface area is 99.9 Å². The number of hydrogen-bond donors (Lipinski definition) is 1. The maximum atomic E-state index is 12.0. The lowest BCUT2D eigenvalue weighted by atomic mass is 10.1. The number of anilines is 1. The third-order valence-corrected chi connectivity index (χ3v) is 2.80. The molecule has 0 saturated carbocycles. The van der Waals surface area contributed by atoms with Crippen molar-refractivity contribution in [1.82, 2.24) is 0 Å². The average Bonchev–Trinajstić information content (AvgIpc) is 2.64. The van der Waals surface area contributed by atoms with Crippen LogP contribution in [0.15, 0.2) is 29.4 Å². The molecule has 1 atom stereocenters. The fraction of sp³-hybridized carbons (Fsp3) is 0.333. The van der Waals surface area contributed by atoms with E-state index in [1.54, 1.807) is 13.2 Å². The van der Waals surface area contributed by atoms with E-state index in [0.29, 0.717) is 11.4 Å². The van der Waals surface area contributed by atoms with Crippen molar-refractivity contribution in [2.45, 2.75) is 6.92 Å². The zero-order chi connectivity index (χ0) is 12.4. The minimum atomic E-state index is -0.304. The summed E-state index contributed by atoms with van der Waals surface area (Å²) in [5, 5.41) is 5.62. The first-order valence-corrected chi connectivity index (χ1v) is 5.40. The molecule has 2 N–H and O–H groups in total. The fourth-order valence-electron chi connectivity index (χ4n) is 1.80. The van der Waals surface area contributed by atoms with Crippen LogP contribution in [-0.4, -0.2) is 25.3 Å². The van der Waals surface area contributed by atoms with E-state index in [4.69, 9.17) is 10.5 Å². The lowest BCUT2D eigenvalue weighted by Gasteiger charge is -2.14. The number of nitrogens with zero attached hydrogens (tertiary/aromatic N) is 2. The Morgan fingerprint density at radius 2 is 2.29 bits per heavy atom. The minimum Gasteiger partial charge on any atom is -0.497 e. The summed E-state index contributed by atoms with van der Waals surface area (Å²) in [7, 11) is 1.59. The van der Waals surface area contributed by atoms with Gasteiger partial charge in [0, 0.05) is 18.3 Å². The van der Waals surface area contributed by atoms with Gasteiger partial charge in [-0.2, -0.15) is 5.10 Å². The van der Waals surface area contributed by atoms with Gasteiger partial charge in [-0.15, -0.1) is 0 Å². The van der Waals surface area contributed by atoms with Gasteiger partial charge < -0.3 is 10.5 Å². The van der Waals surface area contributed by atoms with E-state index in [1.807, 2.05) is 25.1 Å². The monoisotopic (exact) mass is 233 g/mol. The molecule has 0 radical (unpaired) electrons. The van der Waals surface area contributed by atoms with Gasteiger partial charge in [-0.05, 0) is 19.1 Å². The number of carbonyl (C=O) groups is 1. The number of hydrazone groups is 1. The highest BCUT2D eigenvalue weighted by Crippen LogP contribution is 2.26. The van der Waals surface area contributed by atoms with Gasteiger partial charge in [0.15, 0.2) is 0 Å². The molecule has 1 aliphatic rings. The lowest BCUT2D eigenvalue weighted by molar-refractivity contribution is -0.119. The molecule has 0 saturated heterocycles. The second-order valence-corrected chi connectivity index (χ2v) is 3.88. The van der Waals surface area contributed by atoms with Gasteiger partial charge in [0.2, 0.25) is 0 Å². The van der Waals surface area contributed by atoms with E-state index in [2.05, 4.69) is 5.10 Å². The van der Waals surface area contributed by atoms with E-state index in [9.17, 15) is 4.79 Å². The van der Waals surface area contributed by atoms with Gasteiger partial charge in [-0.1, -0.05) is 6.07 Å². The topological polar surface area (TPSA) is 67.9 Å². The summed E-state index contributed by atoms with van der Waals surface area (Å²) in [6.45, 7) is 2.10. The minimum absolute atomic E-state index is 0.0850. The highest BCUT2D eigenvalue weighted by molar-refractivity contribution is 6.14. The predicted molar refractivity (Wildman–Crippen MR) is 66.1 cm³/mol. The van der Waals surface area contributed by atoms with Crippen LogP contribution in [0, 0.1) is 5.92 Å². The zero-order valence-electron chi connectivity index (χ0n) is 9.88. The molecule has 90 valence electrons. The van der Waals surface area contributed by atoms with E-state index in [1.165, 1.54) is 5.01 Å². The molecule has 17 heavy (non-hydrogen) atoms. The van der Waals surface area contributed by atoms with Crippen LogP contribution >= 0.6 is 0 Å². The van der Waals surface area contributed by atoms with Crippen LogP contribution in [0.4, 0.5) is 5.69 Å². The van der Waals surface area contributed by atoms with Crippen molar-refractivity contribution >= 4 is 17.3 Å². The smallest absolute Gasteiger partial charge is 0.257 e. The Balaban J connectivity index is 2.32. The molecule has 2 rings (SSSR count). The number of rotatable bonds is 3. The molecule has 1 aromatic rings.